The highest BCUT2D eigenvalue weighted by molar-refractivity contribution is 9.09. The van der Waals surface area contributed by atoms with Crippen molar-refractivity contribution in [2.24, 2.45) is 0 Å². The molecule has 0 aliphatic heterocycles. The zero-order chi connectivity index (χ0) is 10.5. The molecule has 0 aromatic rings. The number of nitrogens with one attached hydrogen (secondary N) is 1. The van der Waals surface area contributed by atoms with Gasteiger partial charge in [-0.1, -0.05) is 15.9 Å². The van der Waals surface area contributed by atoms with Gasteiger partial charge in [0.05, 0.1) is 0 Å². The molecule has 7 heteroatoms. The molecule has 1 N–H and O–H groups in total. The van der Waals surface area contributed by atoms with E-state index >= 15 is 0 Å². The van der Waals surface area contributed by atoms with Crippen LogP contribution in [-0.2, 0) is 4.74 Å². The minimum Gasteiger partial charge on any atom is -0.446 e. The van der Waals surface area contributed by atoms with Gasteiger partial charge in [0.1, 0.15) is 12.6 Å². The van der Waals surface area contributed by atoms with E-state index in [1.165, 1.54) is 0 Å². The molecule has 13 heavy (non-hydrogen) atoms. The van der Waals surface area contributed by atoms with Gasteiger partial charge in [0.25, 0.3) is 0 Å². The Kier molecular flexibility index (Phi) is 5.12. The number of carbonyl (C=O) groups excluding carboxylic acids is 1. The fourth-order valence-electron chi connectivity index (χ4n) is 0.428. The molecule has 0 aliphatic rings. The number of amides is 1. The second kappa shape index (κ2) is 5.31. The number of ether oxygens (including phenoxy) is 1. The van der Waals surface area contributed by atoms with E-state index in [1.807, 2.05) is 0 Å². The van der Waals surface area contributed by atoms with Crippen LogP contribution in [0.3, 0.4) is 0 Å². The second-order valence-corrected chi connectivity index (χ2v) is 2.99. The first kappa shape index (κ1) is 12.5. The third kappa shape index (κ3) is 7.89. The van der Waals surface area contributed by atoms with Gasteiger partial charge in [0.2, 0.25) is 0 Å². The molecule has 0 saturated heterocycles. The first-order chi connectivity index (χ1) is 5.85. The summed E-state index contributed by atoms with van der Waals surface area (Å²) in [6.45, 7) is 0.183. The summed E-state index contributed by atoms with van der Waals surface area (Å²) in [4.78, 5) is 10.6. The van der Waals surface area contributed by atoms with Gasteiger partial charge in [-0.3, -0.25) is 0 Å². The highest BCUT2D eigenvalue weighted by Gasteiger charge is 2.28. The van der Waals surface area contributed by atoms with Gasteiger partial charge in [0, 0.05) is 5.33 Å². The van der Waals surface area contributed by atoms with Crippen molar-refractivity contribution in [3.63, 3.8) is 0 Å². The van der Waals surface area contributed by atoms with Crippen LogP contribution < -0.4 is 5.32 Å². The van der Waals surface area contributed by atoms with Crippen LogP contribution in [0.2, 0.25) is 0 Å². The molecule has 78 valence electrons. The van der Waals surface area contributed by atoms with E-state index < -0.39 is 24.9 Å². The van der Waals surface area contributed by atoms with Gasteiger partial charge in [-0.25, -0.2) is 4.79 Å². The molecule has 0 bridgehead atoms. The molecule has 0 spiro atoms. The number of alkyl halides is 4. The molecule has 0 radical (unpaired) electrons. The summed E-state index contributed by atoms with van der Waals surface area (Å²) in [5, 5.41) is 1.96. The molecule has 0 aromatic heterocycles. The first-order valence-corrected chi connectivity index (χ1v) is 4.54. The zero-order valence-corrected chi connectivity index (χ0v) is 8.41. The maximum absolute atomic E-state index is 11.6. The van der Waals surface area contributed by atoms with Crippen molar-refractivity contribution in [3.05, 3.63) is 0 Å². The lowest BCUT2D eigenvalue weighted by Crippen LogP contribution is -2.35. The molecule has 1 atom stereocenters. The lowest BCUT2D eigenvalue weighted by molar-refractivity contribution is -0.124. The Hall–Kier alpha value is -0.460. The van der Waals surface area contributed by atoms with Crippen molar-refractivity contribution in [3.8, 4) is 0 Å². The van der Waals surface area contributed by atoms with Crippen molar-refractivity contribution in [1.29, 1.82) is 0 Å². The Balaban J connectivity index is 3.64. The highest BCUT2D eigenvalue weighted by Crippen LogP contribution is 2.12. The molecule has 0 aliphatic carbocycles. The van der Waals surface area contributed by atoms with Crippen LogP contribution in [-0.4, -0.2) is 30.2 Å². The van der Waals surface area contributed by atoms with E-state index in [0.717, 1.165) is 0 Å². The third-order valence-electron chi connectivity index (χ3n) is 0.959. The monoisotopic (exact) mass is 263 g/mol. The molecule has 1 amide bonds. The molecule has 0 heterocycles. The Labute approximate surface area is 81.8 Å². The highest BCUT2D eigenvalue weighted by atomic mass is 79.9. The molecule has 0 fully saturated rings. The lowest BCUT2D eigenvalue weighted by atomic mass is 10.5. The van der Waals surface area contributed by atoms with Crippen LogP contribution in [0.5, 0.6) is 0 Å². The Bertz CT molecular complexity index is 174. The number of halogens is 4. The van der Waals surface area contributed by atoms with Crippen molar-refractivity contribution >= 4 is 22.0 Å². The maximum Gasteiger partial charge on any atom is 0.407 e. The predicted molar refractivity (Wildman–Crippen MR) is 43.8 cm³/mol. The first-order valence-electron chi connectivity index (χ1n) is 3.42. The minimum atomic E-state index is -4.41. The van der Waals surface area contributed by atoms with Crippen LogP contribution in [0.1, 0.15) is 6.92 Å². The van der Waals surface area contributed by atoms with E-state index in [9.17, 15) is 18.0 Å². The van der Waals surface area contributed by atoms with E-state index in [1.54, 1.807) is 12.2 Å². The van der Waals surface area contributed by atoms with E-state index in [0.29, 0.717) is 5.33 Å². The lowest BCUT2D eigenvalue weighted by Gasteiger charge is -2.12. The number of hydrogen-bond acceptors (Lipinski definition) is 2. The number of carbonyl (C=O) groups is 1. The summed E-state index contributed by atoms with van der Waals surface area (Å²) in [5.41, 5.74) is 0. The number of rotatable bonds is 3. The SMILES string of the molecule is CC(CBr)OC(=O)NCC(F)(F)F. The molecule has 0 rings (SSSR count). The second-order valence-electron chi connectivity index (χ2n) is 2.34. The topological polar surface area (TPSA) is 38.3 Å². The number of hydrogen-bond donors (Lipinski definition) is 1. The van der Waals surface area contributed by atoms with Crippen LogP contribution in [0.15, 0.2) is 0 Å². The molecule has 1 unspecified atom stereocenters. The molecule has 0 aromatic carbocycles. The van der Waals surface area contributed by atoms with E-state index in [2.05, 4.69) is 20.7 Å². The predicted octanol–water partition coefficient (Wildman–Crippen LogP) is 2.06. The average Bonchev–Trinajstić information content (AvgIpc) is 1.99. The fourth-order valence-corrected chi connectivity index (χ4v) is 0.560. The largest absolute Gasteiger partial charge is 0.446 e. The quantitative estimate of drug-likeness (QED) is 0.792. The zero-order valence-electron chi connectivity index (χ0n) is 6.82. The van der Waals surface area contributed by atoms with E-state index in [-0.39, 0.29) is 0 Å². The summed E-state index contributed by atoms with van der Waals surface area (Å²) in [6.07, 6.45) is -5.92. The normalized spacial score (nSPS) is 13.6. The molecular formula is C6H9BrF3NO2. The average molecular weight is 264 g/mol. The van der Waals surface area contributed by atoms with Crippen molar-refractivity contribution in [1.82, 2.24) is 5.32 Å². The maximum atomic E-state index is 11.6. The smallest absolute Gasteiger partial charge is 0.407 e. The van der Waals surface area contributed by atoms with E-state index in [4.69, 9.17) is 0 Å². The van der Waals surface area contributed by atoms with Gasteiger partial charge >= 0.3 is 12.3 Å². The van der Waals surface area contributed by atoms with Crippen LogP contribution in [0, 0.1) is 0 Å². The van der Waals surface area contributed by atoms with Crippen LogP contribution in [0.4, 0.5) is 18.0 Å². The summed E-state index contributed by atoms with van der Waals surface area (Å²) in [6, 6.07) is 0. The Morgan fingerprint density at radius 2 is 2.15 bits per heavy atom. The number of alkyl carbamates (subject to hydrolysis) is 1. The molecule has 3 nitrogen and oxygen atoms in total. The van der Waals surface area contributed by atoms with Gasteiger partial charge < -0.3 is 10.1 Å². The summed E-state index contributed by atoms with van der Waals surface area (Å²) in [5.74, 6) is 0. The Morgan fingerprint density at radius 1 is 1.62 bits per heavy atom. The van der Waals surface area contributed by atoms with Gasteiger partial charge in [0.15, 0.2) is 0 Å². The van der Waals surface area contributed by atoms with Crippen LogP contribution in [0.25, 0.3) is 0 Å². The van der Waals surface area contributed by atoms with Gasteiger partial charge in [-0.2, -0.15) is 13.2 Å². The van der Waals surface area contributed by atoms with Gasteiger partial charge in [-0.05, 0) is 6.92 Å². The summed E-state index contributed by atoms with van der Waals surface area (Å²) < 4.78 is 39.2. The summed E-state index contributed by atoms with van der Waals surface area (Å²) in [7, 11) is 0. The van der Waals surface area contributed by atoms with Crippen molar-refractivity contribution in [2.45, 2.75) is 19.2 Å². The third-order valence-corrected chi connectivity index (χ3v) is 1.87. The Morgan fingerprint density at radius 3 is 2.54 bits per heavy atom. The van der Waals surface area contributed by atoms with Crippen LogP contribution >= 0.6 is 15.9 Å². The van der Waals surface area contributed by atoms with Gasteiger partial charge in [-0.15, -0.1) is 0 Å². The minimum absolute atomic E-state index is 0.381. The van der Waals surface area contributed by atoms with Crippen molar-refractivity contribution in [2.75, 3.05) is 11.9 Å². The standard InChI is InChI=1S/C6H9BrF3NO2/c1-4(2-7)13-5(12)11-3-6(8,9)10/h4H,2-3H2,1H3,(H,11,12). The molecular weight excluding hydrogens is 255 g/mol. The van der Waals surface area contributed by atoms with Crippen molar-refractivity contribution < 1.29 is 22.7 Å². The molecule has 0 saturated carbocycles. The summed E-state index contributed by atoms with van der Waals surface area (Å²) >= 11 is 3.01. The fraction of sp³-hybridized carbons (Fsp3) is 0.833.